The summed E-state index contributed by atoms with van der Waals surface area (Å²) >= 11 is 0. The van der Waals surface area contributed by atoms with E-state index in [9.17, 15) is 19.5 Å². The van der Waals surface area contributed by atoms with Crippen LogP contribution < -0.4 is 5.32 Å². The molecule has 0 aromatic rings. The monoisotopic (exact) mass is 374 g/mol. The zero-order chi connectivity index (χ0) is 19.9. The molecule has 1 aliphatic heterocycles. The van der Waals surface area contributed by atoms with Gasteiger partial charge in [-0.1, -0.05) is 5.11 Å². The molecule has 1 aliphatic rings. The van der Waals surface area contributed by atoms with Crippen molar-refractivity contribution in [2.75, 3.05) is 6.61 Å². The van der Waals surface area contributed by atoms with Gasteiger partial charge in [-0.05, 0) is 12.5 Å². The van der Waals surface area contributed by atoms with Crippen LogP contribution in [0.1, 0.15) is 27.7 Å². The Labute approximate surface area is 149 Å². The van der Waals surface area contributed by atoms with Crippen LogP contribution in [0.15, 0.2) is 5.11 Å². The van der Waals surface area contributed by atoms with Crippen LogP contribution in [0, 0.1) is 0 Å². The van der Waals surface area contributed by atoms with E-state index in [-0.39, 0.29) is 6.61 Å². The molecule has 0 bridgehead atoms. The maximum Gasteiger partial charge on any atom is 0.303 e. The molecule has 26 heavy (non-hydrogen) atoms. The number of azide groups is 1. The van der Waals surface area contributed by atoms with E-state index >= 15 is 0 Å². The van der Waals surface area contributed by atoms with E-state index in [4.69, 9.17) is 24.5 Å². The van der Waals surface area contributed by atoms with E-state index in [1.807, 2.05) is 0 Å². The third kappa shape index (κ3) is 6.48. The molecule has 0 aromatic carbocycles. The fourth-order valence-corrected chi connectivity index (χ4v) is 2.52. The second-order valence-electron chi connectivity index (χ2n) is 5.57. The molecule has 1 fully saturated rings. The van der Waals surface area contributed by atoms with Gasteiger partial charge in [0.25, 0.3) is 0 Å². The Morgan fingerprint density at radius 3 is 2.38 bits per heavy atom. The fraction of sp³-hybridized carbons (Fsp3) is 0.786. The minimum Gasteiger partial charge on any atom is -0.463 e. The lowest BCUT2D eigenvalue weighted by Crippen LogP contribution is -2.65. The van der Waals surface area contributed by atoms with Crippen LogP contribution in [0.3, 0.4) is 0 Å². The fourth-order valence-electron chi connectivity index (χ4n) is 2.52. The molecule has 2 unspecified atom stereocenters. The zero-order valence-electron chi connectivity index (χ0n) is 14.8. The van der Waals surface area contributed by atoms with Crippen LogP contribution >= 0.6 is 0 Å². The van der Waals surface area contributed by atoms with Crippen LogP contribution in [0.25, 0.3) is 10.4 Å². The first kappa shape index (κ1) is 21.6. The lowest BCUT2D eigenvalue weighted by Gasteiger charge is -2.44. The predicted octanol–water partition coefficient (Wildman–Crippen LogP) is -0.255. The van der Waals surface area contributed by atoms with Gasteiger partial charge in [0.2, 0.25) is 5.91 Å². The van der Waals surface area contributed by atoms with E-state index in [1.165, 1.54) is 20.8 Å². The summed E-state index contributed by atoms with van der Waals surface area (Å²) in [6.45, 7) is 4.54. The van der Waals surface area contributed by atoms with Gasteiger partial charge in [0, 0.05) is 25.7 Å². The molecule has 0 saturated carbocycles. The summed E-state index contributed by atoms with van der Waals surface area (Å²) < 4.78 is 21.1. The molecule has 1 rings (SSSR count). The Morgan fingerprint density at radius 1 is 1.27 bits per heavy atom. The van der Waals surface area contributed by atoms with Crippen LogP contribution in [-0.2, 0) is 33.3 Å². The number of rotatable bonds is 7. The Hall–Kier alpha value is -2.40. The summed E-state index contributed by atoms with van der Waals surface area (Å²) in [6, 6.07) is -1.06. The molecule has 2 N–H and O–H groups in total. The molecule has 0 spiro atoms. The van der Waals surface area contributed by atoms with Crippen LogP contribution in [-0.4, -0.2) is 66.4 Å². The minimum atomic E-state index is -1.30. The first-order chi connectivity index (χ1) is 12.1. The van der Waals surface area contributed by atoms with Gasteiger partial charge in [-0.15, -0.1) is 0 Å². The summed E-state index contributed by atoms with van der Waals surface area (Å²) in [6.07, 6.45) is -5.88. The molecule has 12 nitrogen and oxygen atoms in total. The SMILES string of the molecule is CC(=O)N[C@H]1C(N=[N+]=[N-])O[C@H](COC(C)=O)[C@@H](OC(C)=O)[C@@H]1OC(C)O. The van der Waals surface area contributed by atoms with Crippen molar-refractivity contribution in [2.45, 2.75) is 64.6 Å². The largest absolute Gasteiger partial charge is 0.463 e. The van der Waals surface area contributed by atoms with Gasteiger partial charge in [0.05, 0.1) is 6.04 Å². The number of aliphatic hydroxyl groups excluding tert-OH is 1. The number of aliphatic hydroxyl groups is 1. The predicted molar refractivity (Wildman–Crippen MR) is 84.2 cm³/mol. The average Bonchev–Trinajstić information content (AvgIpc) is 2.50. The quantitative estimate of drug-likeness (QED) is 0.202. The first-order valence-corrected chi connectivity index (χ1v) is 7.76. The number of amides is 1. The number of nitrogens with zero attached hydrogens (tertiary/aromatic N) is 3. The van der Waals surface area contributed by atoms with Crippen molar-refractivity contribution in [3.05, 3.63) is 10.4 Å². The summed E-state index contributed by atoms with van der Waals surface area (Å²) in [7, 11) is 0. The Morgan fingerprint density at radius 2 is 1.92 bits per heavy atom. The van der Waals surface area contributed by atoms with Crippen molar-refractivity contribution >= 4 is 17.8 Å². The molecule has 1 saturated heterocycles. The van der Waals surface area contributed by atoms with Crippen molar-refractivity contribution in [2.24, 2.45) is 5.11 Å². The summed E-state index contributed by atoms with van der Waals surface area (Å²) in [5.41, 5.74) is 8.76. The summed E-state index contributed by atoms with van der Waals surface area (Å²) in [4.78, 5) is 36.8. The number of hydrogen-bond acceptors (Lipinski definition) is 9. The molecule has 6 atom stereocenters. The van der Waals surface area contributed by atoms with Crippen LogP contribution in [0.4, 0.5) is 0 Å². The lowest BCUT2D eigenvalue weighted by atomic mass is 9.95. The van der Waals surface area contributed by atoms with Crippen molar-refractivity contribution in [3.63, 3.8) is 0 Å². The Bertz CT molecular complexity index is 577. The van der Waals surface area contributed by atoms with E-state index in [1.54, 1.807) is 0 Å². The summed E-state index contributed by atoms with van der Waals surface area (Å²) in [5.74, 6) is -1.78. The van der Waals surface area contributed by atoms with Crippen LogP contribution in [0.5, 0.6) is 0 Å². The van der Waals surface area contributed by atoms with Crippen LogP contribution in [0.2, 0.25) is 0 Å². The van der Waals surface area contributed by atoms with Crippen molar-refractivity contribution in [1.29, 1.82) is 0 Å². The van der Waals surface area contributed by atoms with Crippen molar-refractivity contribution in [1.82, 2.24) is 5.32 Å². The maximum absolute atomic E-state index is 11.5. The molecular weight excluding hydrogens is 352 g/mol. The average molecular weight is 374 g/mol. The van der Waals surface area contributed by atoms with Gasteiger partial charge < -0.3 is 29.4 Å². The highest BCUT2D eigenvalue weighted by molar-refractivity contribution is 5.73. The van der Waals surface area contributed by atoms with Gasteiger partial charge in [-0.3, -0.25) is 14.4 Å². The smallest absolute Gasteiger partial charge is 0.303 e. The third-order valence-electron chi connectivity index (χ3n) is 3.31. The Kier molecular flexibility index (Phi) is 8.26. The Balaban J connectivity index is 3.26. The van der Waals surface area contributed by atoms with Gasteiger partial charge in [0.1, 0.15) is 18.8 Å². The van der Waals surface area contributed by atoms with E-state index in [2.05, 4.69) is 15.3 Å². The number of hydrogen-bond donors (Lipinski definition) is 2. The first-order valence-electron chi connectivity index (χ1n) is 7.76. The summed E-state index contributed by atoms with van der Waals surface area (Å²) in [5, 5.41) is 15.6. The second kappa shape index (κ2) is 9.92. The van der Waals surface area contributed by atoms with Gasteiger partial charge in [-0.25, -0.2) is 0 Å². The topological polar surface area (TPSA) is 169 Å². The number of nitrogens with one attached hydrogen (secondary N) is 1. The number of carbonyl (C=O) groups is 3. The number of esters is 2. The third-order valence-corrected chi connectivity index (χ3v) is 3.31. The van der Waals surface area contributed by atoms with Crippen molar-refractivity contribution < 1.29 is 38.4 Å². The molecule has 0 aliphatic carbocycles. The van der Waals surface area contributed by atoms with E-state index < -0.39 is 54.7 Å². The molecule has 1 heterocycles. The van der Waals surface area contributed by atoms with Gasteiger partial charge in [-0.2, -0.15) is 0 Å². The highest BCUT2D eigenvalue weighted by atomic mass is 16.7. The molecule has 0 radical (unpaired) electrons. The second-order valence-corrected chi connectivity index (χ2v) is 5.57. The zero-order valence-corrected chi connectivity index (χ0v) is 14.8. The number of carbonyl (C=O) groups excluding carboxylic acids is 3. The normalized spacial score (nSPS) is 29.0. The molecule has 0 aromatic heterocycles. The molecular formula is C14H22N4O8. The highest BCUT2D eigenvalue weighted by Crippen LogP contribution is 2.28. The van der Waals surface area contributed by atoms with Gasteiger partial charge in [0.15, 0.2) is 18.6 Å². The molecule has 146 valence electrons. The highest BCUT2D eigenvalue weighted by Gasteiger charge is 2.49. The van der Waals surface area contributed by atoms with Crippen molar-refractivity contribution in [3.8, 4) is 0 Å². The molecule has 1 amide bonds. The maximum atomic E-state index is 11.5. The van der Waals surface area contributed by atoms with E-state index in [0.717, 1.165) is 6.92 Å². The van der Waals surface area contributed by atoms with E-state index in [0.29, 0.717) is 0 Å². The number of ether oxygens (including phenoxy) is 4. The van der Waals surface area contributed by atoms with Gasteiger partial charge >= 0.3 is 11.9 Å². The standard InChI is InChI=1S/C14H22N4O8/c1-6(19)16-11-13(25-9(4)22)12(24-8(3)21)10(5-23-7(2)20)26-14(11)17-18-15/h9-14,22H,5H2,1-4H3,(H,16,19)/t9?,10-,11-,12-,13-,14?/m1/s1. The molecule has 12 heteroatoms. The minimum absolute atomic E-state index is 0.322. The lowest BCUT2D eigenvalue weighted by molar-refractivity contribution is -0.249.